The Morgan fingerprint density at radius 3 is 2.41 bits per heavy atom. The fourth-order valence-electron chi connectivity index (χ4n) is 2.98. The van der Waals surface area contributed by atoms with Crippen LogP contribution in [0.25, 0.3) is 0 Å². The molecule has 3 amide bonds. The number of nitrogens with zero attached hydrogens (tertiary/aromatic N) is 1. The number of amides is 3. The number of anilines is 1. The summed E-state index contributed by atoms with van der Waals surface area (Å²) in [6, 6.07) is 9.37. The minimum atomic E-state index is -0.728. The SMILES string of the molecule is CC(C)(C)C(=O)NCc1ccc(C(=O)COC(=O)c2cccc(N3C(=O)CCC3=O)c2)s1. The molecule has 1 aliphatic rings. The molecule has 1 fully saturated rings. The molecule has 1 saturated heterocycles. The molecule has 3 rings (SSSR count). The van der Waals surface area contributed by atoms with Gasteiger partial charge in [0.15, 0.2) is 6.61 Å². The number of hydrogen-bond acceptors (Lipinski definition) is 7. The van der Waals surface area contributed by atoms with E-state index < -0.39 is 18.0 Å². The van der Waals surface area contributed by atoms with E-state index in [1.54, 1.807) is 24.3 Å². The van der Waals surface area contributed by atoms with Crippen molar-refractivity contribution in [2.24, 2.45) is 5.41 Å². The van der Waals surface area contributed by atoms with Crippen LogP contribution in [0.2, 0.25) is 0 Å². The fraction of sp³-hybridized carbons (Fsp3) is 0.348. The first-order valence-electron chi connectivity index (χ1n) is 10.1. The molecular formula is C23H24N2O6S. The number of carbonyl (C=O) groups is 5. The highest BCUT2D eigenvalue weighted by Crippen LogP contribution is 2.24. The Hall–Kier alpha value is -3.33. The molecular weight excluding hydrogens is 432 g/mol. The Labute approximate surface area is 189 Å². The first-order valence-corrected chi connectivity index (χ1v) is 10.9. The number of imide groups is 1. The molecule has 0 atom stereocenters. The number of rotatable bonds is 7. The zero-order valence-corrected chi connectivity index (χ0v) is 18.9. The highest BCUT2D eigenvalue weighted by molar-refractivity contribution is 7.14. The van der Waals surface area contributed by atoms with Crippen molar-refractivity contribution in [2.75, 3.05) is 11.5 Å². The molecule has 0 bridgehead atoms. The van der Waals surface area contributed by atoms with Gasteiger partial charge in [-0.1, -0.05) is 26.8 Å². The first-order chi connectivity index (χ1) is 15.1. The van der Waals surface area contributed by atoms with Crippen LogP contribution in [-0.2, 0) is 25.7 Å². The van der Waals surface area contributed by atoms with E-state index in [9.17, 15) is 24.0 Å². The summed E-state index contributed by atoms with van der Waals surface area (Å²) in [5.41, 5.74) is -0.0606. The number of hydrogen-bond donors (Lipinski definition) is 1. The molecule has 2 heterocycles. The van der Waals surface area contributed by atoms with Gasteiger partial charge in [0.2, 0.25) is 23.5 Å². The van der Waals surface area contributed by atoms with Gasteiger partial charge in [-0.15, -0.1) is 11.3 Å². The maximum atomic E-state index is 12.4. The molecule has 8 nitrogen and oxygen atoms in total. The number of ketones is 1. The molecule has 0 aliphatic carbocycles. The molecule has 0 radical (unpaired) electrons. The van der Waals surface area contributed by atoms with Crippen molar-refractivity contribution in [3.63, 3.8) is 0 Å². The Kier molecular flexibility index (Phi) is 6.88. The number of Topliss-reactive ketones (excluding diaryl/α,β-unsaturated/α-hetero) is 1. The van der Waals surface area contributed by atoms with E-state index in [0.717, 1.165) is 9.78 Å². The van der Waals surface area contributed by atoms with Crippen molar-refractivity contribution in [2.45, 2.75) is 40.2 Å². The molecule has 1 aromatic heterocycles. The van der Waals surface area contributed by atoms with Gasteiger partial charge < -0.3 is 10.1 Å². The summed E-state index contributed by atoms with van der Waals surface area (Å²) in [7, 11) is 0. The van der Waals surface area contributed by atoms with E-state index in [4.69, 9.17) is 4.74 Å². The van der Waals surface area contributed by atoms with Crippen LogP contribution in [0.15, 0.2) is 36.4 Å². The van der Waals surface area contributed by atoms with E-state index in [1.807, 2.05) is 20.8 Å². The largest absolute Gasteiger partial charge is 0.454 e. The van der Waals surface area contributed by atoms with Gasteiger partial charge in [-0.2, -0.15) is 0 Å². The zero-order chi connectivity index (χ0) is 23.5. The Bertz CT molecular complexity index is 1070. The standard InChI is InChI=1S/C23H24N2O6S/c1-23(2,3)22(30)24-12-16-7-8-18(32-16)17(26)13-31-21(29)14-5-4-6-15(11-14)25-19(27)9-10-20(25)28/h4-8,11H,9-10,12-13H2,1-3H3,(H,24,30). The summed E-state index contributed by atoms with van der Waals surface area (Å²) in [4.78, 5) is 62.8. The molecule has 1 N–H and O–H groups in total. The number of nitrogens with one attached hydrogen (secondary N) is 1. The van der Waals surface area contributed by atoms with Crippen LogP contribution in [0.4, 0.5) is 5.69 Å². The second-order valence-electron chi connectivity index (χ2n) is 8.37. The van der Waals surface area contributed by atoms with Gasteiger partial charge in [0, 0.05) is 23.1 Å². The monoisotopic (exact) mass is 456 g/mol. The van der Waals surface area contributed by atoms with Crippen molar-refractivity contribution in [1.82, 2.24) is 5.32 Å². The molecule has 0 saturated carbocycles. The Morgan fingerprint density at radius 2 is 1.75 bits per heavy atom. The summed E-state index contributed by atoms with van der Waals surface area (Å²) in [6.45, 7) is 5.32. The quantitative estimate of drug-likeness (QED) is 0.389. The Morgan fingerprint density at radius 1 is 1.06 bits per heavy atom. The normalized spacial score (nSPS) is 13.9. The van der Waals surface area contributed by atoms with E-state index in [1.165, 1.54) is 23.5 Å². The fourth-order valence-corrected chi connectivity index (χ4v) is 3.85. The predicted octanol–water partition coefficient (Wildman–Crippen LogP) is 3.10. The van der Waals surface area contributed by atoms with Gasteiger partial charge in [0.1, 0.15) is 0 Å². The van der Waals surface area contributed by atoms with E-state index in [-0.39, 0.29) is 41.9 Å². The summed E-state index contributed by atoms with van der Waals surface area (Å²) < 4.78 is 5.13. The second-order valence-corrected chi connectivity index (χ2v) is 9.54. The number of benzene rings is 1. The van der Waals surface area contributed by atoms with Gasteiger partial charge in [-0.3, -0.25) is 24.1 Å². The number of thiophene rings is 1. The summed E-state index contributed by atoms with van der Waals surface area (Å²) in [5, 5.41) is 2.82. The second kappa shape index (κ2) is 9.44. The van der Waals surface area contributed by atoms with Crippen molar-refractivity contribution in [3.8, 4) is 0 Å². The smallest absolute Gasteiger partial charge is 0.338 e. The van der Waals surface area contributed by atoms with Crippen LogP contribution in [0.5, 0.6) is 0 Å². The topological polar surface area (TPSA) is 110 Å². The summed E-state index contributed by atoms with van der Waals surface area (Å²) in [5.74, 6) is -1.82. The van der Waals surface area contributed by atoms with Gasteiger partial charge in [0.05, 0.1) is 22.7 Å². The maximum Gasteiger partial charge on any atom is 0.338 e. The third-order valence-corrected chi connectivity index (χ3v) is 5.89. The lowest BCUT2D eigenvalue weighted by molar-refractivity contribution is -0.128. The third-order valence-electron chi connectivity index (χ3n) is 4.77. The predicted molar refractivity (Wildman–Crippen MR) is 118 cm³/mol. The number of carbonyl (C=O) groups excluding carboxylic acids is 5. The zero-order valence-electron chi connectivity index (χ0n) is 18.1. The average Bonchev–Trinajstić information content (AvgIpc) is 3.35. The molecule has 32 heavy (non-hydrogen) atoms. The number of esters is 1. The van der Waals surface area contributed by atoms with Crippen LogP contribution in [0, 0.1) is 5.41 Å². The van der Waals surface area contributed by atoms with Crippen LogP contribution in [0.3, 0.4) is 0 Å². The van der Waals surface area contributed by atoms with Crippen LogP contribution >= 0.6 is 11.3 Å². The number of ether oxygens (including phenoxy) is 1. The van der Waals surface area contributed by atoms with Crippen molar-refractivity contribution < 1.29 is 28.7 Å². The molecule has 2 aromatic rings. The molecule has 168 valence electrons. The van der Waals surface area contributed by atoms with Crippen LogP contribution in [0.1, 0.15) is 58.5 Å². The van der Waals surface area contributed by atoms with Gasteiger partial charge in [-0.25, -0.2) is 4.79 Å². The lowest BCUT2D eigenvalue weighted by Crippen LogP contribution is -2.34. The van der Waals surface area contributed by atoms with Crippen molar-refractivity contribution >= 4 is 46.5 Å². The summed E-state index contributed by atoms with van der Waals surface area (Å²) >= 11 is 1.22. The van der Waals surface area contributed by atoms with Gasteiger partial charge in [-0.05, 0) is 30.3 Å². The van der Waals surface area contributed by atoms with E-state index in [2.05, 4.69) is 5.32 Å². The summed E-state index contributed by atoms with van der Waals surface area (Å²) in [6.07, 6.45) is 0.287. The van der Waals surface area contributed by atoms with Gasteiger partial charge >= 0.3 is 5.97 Å². The van der Waals surface area contributed by atoms with Crippen LogP contribution in [-0.4, -0.2) is 36.1 Å². The molecule has 0 spiro atoms. The highest BCUT2D eigenvalue weighted by atomic mass is 32.1. The first kappa shape index (κ1) is 23.3. The van der Waals surface area contributed by atoms with E-state index >= 15 is 0 Å². The molecule has 0 unspecified atom stereocenters. The van der Waals surface area contributed by atoms with Crippen LogP contribution < -0.4 is 10.2 Å². The van der Waals surface area contributed by atoms with E-state index in [0.29, 0.717) is 17.1 Å². The molecule has 1 aromatic carbocycles. The average molecular weight is 457 g/mol. The molecule has 1 aliphatic heterocycles. The Balaban J connectivity index is 1.56. The minimum absolute atomic E-state index is 0.0905. The minimum Gasteiger partial charge on any atom is -0.454 e. The van der Waals surface area contributed by atoms with Crippen molar-refractivity contribution in [3.05, 3.63) is 51.7 Å². The lowest BCUT2D eigenvalue weighted by atomic mass is 9.96. The van der Waals surface area contributed by atoms with Crippen molar-refractivity contribution in [1.29, 1.82) is 0 Å². The third kappa shape index (κ3) is 5.47. The van der Waals surface area contributed by atoms with Gasteiger partial charge in [0.25, 0.3) is 0 Å². The highest BCUT2D eigenvalue weighted by Gasteiger charge is 2.30. The molecule has 9 heteroatoms. The maximum absolute atomic E-state index is 12.4. The lowest BCUT2D eigenvalue weighted by Gasteiger charge is -2.17.